The van der Waals surface area contributed by atoms with Crippen molar-refractivity contribution < 1.29 is 0 Å². The minimum atomic E-state index is 0.339. The molecule has 1 nitrogen and oxygen atoms in total. The molecular weight excluding hydrogens is 250 g/mol. The highest BCUT2D eigenvalue weighted by molar-refractivity contribution is 7.10. The smallest absolute Gasteiger partial charge is 0.0673 e. The third-order valence-corrected chi connectivity index (χ3v) is 4.57. The third kappa shape index (κ3) is 3.46. The summed E-state index contributed by atoms with van der Waals surface area (Å²) in [6, 6.07) is 11.6. The van der Waals surface area contributed by atoms with Gasteiger partial charge in [-0.1, -0.05) is 38.1 Å². The van der Waals surface area contributed by atoms with Crippen molar-refractivity contribution in [1.82, 2.24) is 5.32 Å². The molecule has 102 valence electrons. The fraction of sp³-hybridized carbons (Fsp3) is 0.412. The normalized spacial score (nSPS) is 12.6. The van der Waals surface area contributed by atoms with Crippen LogP contribution in [0.15, 0.2) is 35.7 Å². The molecule has 2 rings (SSSR count). The molecule has 0 aliphatic rings. The molecular formula is C17H23NS. The molecule has 0 saturated heterocycles. The second-order valence-electron chi connectivity index (χ2n) is 4.95. The van der Waals surface area contributed by atoms with Crippen LogP contribution in [-0.2, 0) is 6.42 Å². The summed E-state index contributed by atoms with van der Waals surface area (Å²) in [4.78, 5) is 1.44. The molecule has 2 aromatic rings. The maximum atomic E-state index is 3.68. The molecule has 1 aromatic heterocycles. The summed E-state index contributed by atoms with van der Waals surface area (Å²) in [5.74, 6) is 0. The van der Waals surface area contributed by atoms with Crippen LogP contribution in [-0.4, -0.2) is 6.54 Å². The standard InChI is InChI=1S/C17H23NS/c1-4-11-18-16(17-13(3)10-12-19-17)15-8-6-14(5-2)7-9-15/h6-10,12,16,18H,4-5,11H2,1-3H3. The van der Waals surface area contributed by atoms with Crippen molar-refractivity contribution in [3.05, 3.63) is 57.3 Å². The van der Waals surface area contributed by atoms with Crippen LogP contribution in [0.2, 0.25) is 0 Å². The molecule has 1 heterocycles. The van der Waals surface area contributed by atoms with Gasteiger partial charge >= 0.3 is 0 Å². The van der Waals surface area contributed by atoms with E-state index in [0.717, 1.165) is 19.4 Å². The minimum absolute atomic E-state index is 0.339. The van der Waals surface area contributed by atoms with E-state index in [2.05, 4.69) is 61.8 Å². The summed E-state index contributed by atoms with van der Waals surface area (Å²) >= 11 is 1.85. The van der Waals surface area contributed by atoms with Crippen LogP contribution < -0.4 is 5.32 Å². The Balaban J connectivity index is 2.28. The highest BCUT2D eigenvalue weighted by atomic mass is 32.1. The molecule has 0 fully saturated rings. The van der Waals surface area contributed by atoms with E-state index >= 15 is 0 Å². The average Bonchev–Trinajstić information content (AvgIpc) is 2.86. The third-order valence-electron chi connectivity index (χ3n) is 3.48. The van der Waals surface area contributed by atoms with Crippen LogP contribution in [0.3, 0.4) is 0 Å². The average molecular weight is 273 g/mol. The number of benzene rings is 1. The van der Waals surface area contributed by atoms with E-state index in [9.17, 15) is 0 Å². The number of nitrogens with one attached hydrogen (secondary N) is 1. The van der Waals surface area contributed by atoms with Gasteiger partial charge in [0.05, 0.1) is 6.04 Å². The minimum Gasteiger partial charge on any atom is -0.306 e. The van der Waals surface area contributed by atoms with Crippen molar-refractivity contribution in [2.75, 3.05) is 6.54 Å². The Morgan fingerprint density at radius 3 is 2.37 bits per heavy atom. The molecule has 0 bridgehead atoms. The fourth-order valence-corrected chi connectivity index (χ4v) is 3.30. The molecule has 1 N–H and O–H groups in total. The zero-order valence-electron chi connectivity index (χ0n) is 12.1. The van der Waals surface area contributed by atoms with Gasteiger partial charge in [-0.15, -0.1) is 11.3 Å². The fourth-order valence-electron chi connectivity index (χ4n) is 2.28. The van der Waals surface area contributed by atoms with Crippen molar-refractivity contribution in [3.63, 3.8) is 0 Å². The molecule has 1 unspecified atom stereocenters. The first-order valence-electron chi connectivity index (χ1n) is 7.12. The first kappa shape index (κ1) is 14.3. The van der Waals surface area contributed by atoms with Gasteiger partial charge in [0.15, 0.2) is 0 Å². The van der Waals surface area contributed by atoms with Gasteiger partial charge in [0.25, 0.3) is 0 Å². The predicted octanol–water partition coefficient (Wildman–Crippen LogP) is 4.71. The largest absolute Gasteiger partial charge is 0.306 e. The predicted molar refractivity (Wildman–Crippen MR) is 85.0 cm³/mol. The van der Waals surface area contributed by atoms with E-state index in [1.807, 2.05) is 11.3 Å². The molecule has 1 aromatic carbocycles. The molecule has 0 radical (unpaired) electrons. The number of aryl methyl sites for hydroxylation is 2. The summed E-state index contributed by atoms with van der Waals surface area (Å²) in [5.41, 5.74) is 4.16. The van der Waals surface area contributed by atoms with Crippen molar-refractivity contribution >= 4 is 11.3 Å². The van der Waals surface area contributed by atoms with E-state index in [-0.39, 0.29) is 0 Å². The summed E-state index contributed by atoms with van der Waals surface area (Å²) in [5, 5.41) is 5.86. The Kier molecular flexibility index (Phi) is 5.17. The van der Waals surface area contributed by atoms with Gasteiger partial charge in [-0.05, 0) is 54.4 Å². The van der Waals surface area contributed by atoms with Crippen LogP contribution in [0.4, 0.5) is 0 Å². The Morgan fingerprint density at radius 1 is 1.11 bits per heavy atom. The SMILES string of the molecule is CCCNC(c1ccc(CC)cc1)c1sccc1C. The second-order valence-corrected chi connectivity index (χ2v) is 5.90. The van der Waals surface area contributed by atoms with Crippen molar-refractivity contribution in [2.45, 2.75) is 39.7 Å². The summed E-state index contributed by atoms with van der Waals surface area (Å²) in [6.07, 6.45) is 2.26. The van der Waals surface area contributed by atoms with Crippen LogP contribution in [0.25, 0.3) is 0 Å². The molecule has 0 aliphatic carbocycles. The second kappa shape index (κ2) is 6.88. The molecule has 0 saturated carbocycles. The van der Waals surface area contributed by atoms with Crippen molar-refractivity contribution in [2.24, 2.45) is 0 Å². The van der Waals surface area contributed by atoms with Gasteiger partial charge in [-0.3, -0.25) is 0 Å². The number of thiophene rings is 1. The zero-order chi connectivity index (χ0) is 13.7. The lowest BCUT2D eigenvalue weighted by Crippen LogP contribution is -2.22. The Hall–Kier alpha value is -1.12. The molecule has 0 spiro atoms. The van der Waals surface area contributed by atoms with E-state index in [0.29, 0.717) is 6.04 Å². The first-order chi connectivity index (χ1) is 9.26. The van der Waals surface area contributed by atoms with Gasteiger partial charge in [0.2, 0.25) is 0 Å². The van der Waals surface area contributed by atoms with Gasteiger partial charge in [-0.2, -0.15) is 0 Å². The summed E-state index contributed by atoms with van der Waals surface area (Å²) in [6.45, 7) is 7.67. The Morgan fingerprint density at radius 2 is 1.84 bits per heavy atom. The first-order valence-corrected chi connectivity index (χ1v) is 8.00. The summed E-state index contributed by atoms with van der Waals surface area (Å²) in [7, 11) is 0. The lowest BCUT2D eigenvalue weighted by molar-refractivity contribution is 0.604. The van der Waals surface area contributed by atoms with Gasteiger partial charge in [0.1, 0.15) is 0 Å². The lowest BCUT2D eigenvalue weighted by atomic mass is 10.0. The molecule has 1 atom stereocenters. The highest BCUT2D eigenvalue weighted by Gasteiger charge is 2.16. The number of rotatable bonds is 6. The number of hydrogen-bond donors (Lipinski definition) is 1. The van der Waals surface area contributed by atoms with Crippen molar-refractivity contribution in [3.8, 4) is 0 Å². The monoisotopic (exact) mass is 273 g/mol. The van der Waals surface area contributed by atoms with E-state index < -0.39 is 0 Å². The Labute approximate surface area is 120 Å². The Bertz CT molecular complexity index is 498. The molecule has 0 amide bonds. The highest BCUT2D eigenvalue weighted by Crippen LogP contribution is 2.29. The molecule has 19 heavy (non-hydrogen) atoms. The molecule has 0 aliphatic heterocycles. The van der Waals surface area contributed by atoms with E-state index in [1.165, 1.54) is 21.6 Å². The van der Waals surface area contributed by atoms with Crippen LogP contribution in [0.1, 0.15) is 47.9 Å². The van der Waals surface area contributed by atoms with Crippen molar-refractivity contribution in [1.29, 1.82) is 0 Å². The maximum absolute atomic E-state index is 3.68. The van der Waals surface area contributed by atoms with Gasteiger partial charge in [-0.25, -0.2) is 0 Å². The van der Waals surface area contributed by atoms with Crippen LogP contribution >= 0.6 is 11.3 Å². The van der Waals surface area contributed by atoms with Gasteiger partial charge < -0.3 is 5.32 Å². The number of hydrogen-bond acceptors (Lipinski definition) is 2. The van der Waals surface area contributed by atoms with E-state index in [4.69, 9.17) is 0 Å². The molecule has 2 heteroatoms. The lowest BCUT2D eigenvalue weighted by Gasteiger charge is -2.19. The maximum Gasteiger partial charge on any atom is 0.0673 e. The summed E-state index contributed by atoms with van der Waals surface area (Å²) < 4.78 is 0. The van der Waals surface area contributed by atoms with Gasteiger partial charge in [0, 0.05) is 4.88 Å². The zero-order valence-corrected chi connectivity index (χ0v) is 12.9. The van der Waals surface area contributed by atoms with Crippen LogP contribution in [0.5, 0.6) is 0 Å². The van der Waals surface area contributed by atoms with Crippen LogP contribution in [0, 0.1) is 6.92 Å². The van der Waals surface area contributed by atoms with E-state index in [1.54, 1.807) is 0 Å². The topological polar surface area (TPSA) is 12.0 Å². The quantitative estimate of drug-likeness (QED) is 0.804.